The molecule has 0 fully saturated rings. The molecule has 0 amide bonds. The number of carbonyl (C=O) groups is 3. The van der Waals surface area contributed by atoms with Gasteiger partial charge in [-0.3, -0.25) is 14.4 Å². The summed E-state index contributed by atoms with van der Waals surface area (Å²) in [6.07, 6.45) is 3.02. The van der Waals surface area contributed by atoms with Gasteiger partial charge >= 0.3 is 11.9 Å². The van der Waals surface area contributed by atoms with Gasteiger partial charge in [-0.15, -0.1) is 0 Å². The fraction of sp³-hybridized carbons (Fsp3) is 0.643. The Bertz CT molecular complexity index is 410. The van der Waals surface area contributed by atoms with Crippen molar-refractivity contribution in [1.29, 1.82) is 0 Å². The maximum atomic E-state index is 12.3. The molecule has 0 N–H and O–H groups in total. The molecule has 106 valence electrons. The molecule has 5 nitrogen and oxygen atoms in total. The maximum Gasteiger partial charge on any atom is 0.320 e. The number of carbonyl (C=O) groups excluding carboxylic acids is 3. The molecule has 0 aromatic carbocycles. The van der Waals surface area contributed by atoms with E-state index >= 15 is 0 Å². The fourth-order valence-corrected chi connectivity index (χ4v) is 2.34. The monoisotopic (exact) mass is 268 g/mol. The number of allylic oxidation sites excluding steroid dienone is 2. The molecule has 1 aliphatic rings. The lowest BCUT2D eigenvalue weighted by Crippen LogP contribution is -2.43. The smallest absolute Gasteiger partial charge is 0.320 e. The van der Waals surface area contributed by atoms with E-state index in [1.165, 1.54) is 7.11 Å². The second-order valence-electron chi connectivity index (χ2n) is 4.63. The summed E-state index contributed by atoms with van der Waals surface area (Å²) in [6, 6.07) is 0. The standard InChI is InChI=1S/C14H20O5/c1-4-19-13(17)14(9-7-11(15)18-3)8-5-6-10(2)12(14)16/h6H,4-5,7-9H2,1-3H3. The molecule has 0 radical (unpaired) electrons. The SMILES string of the molecule is CCOC(=O)C1(CCC(=O)OC)CCC=C(C)C1=O. The molecular weight excluding hydrogens is 248 g/mol. The van der Waals surface area contributed by atoms with Gasteiger partial charge in [-0.05, 0) is 38.7 Å². The van der Waals surface area contributed by atoms with Crippen LogP contribution in [0.4, 0.5) is 0 Å². The first-order valence-electron chi connectivity index (χ1n) is 6.43. The number of ether oxygens (including phenoxy) is 2. The molecule has 0 saturated heterocycles. The van der Waals surface area contributed by atoms with Crippen LogP contribution in [0.1, 0.15) is 39.5 Å². The van der Waals surface area contributed by atoms with Gasteiger partial charge in [0.1, 0.15) is 5.41 Å². The lowest BCUT2D eigenvalue weighted by Gasteiger charge is -2.32. The third-order valence-electron chi connectivity index (χ3n) is 3.46. The van der Waals surface area contributed by atoms with Crippen molar-refractivity contribution in [3.05, 3.63) is 11.6 Å². The average molecular weight is 268 g/mol. The first kappa shape index (κ1) is 15.4. The first-order chi connectivity index (χ1) is 8.97. The zero-order valence-corrected chi connectivity index (χ0v) is 11.7. The predicted octanol–water partition coefficient (Wildman–Crippen LogP) is 1.80. The Morgan fingerprint density at radius 1 is 1.42 bits per heavy atom. The van der Waals surface area contributed by atoms with E-state index in [0.717, 1.165) is 0 Å². The summed E-state index contributed by atoms with van der Waals surface area (Å²) >= 11 is 0. The van der Waals surface area contributed by atoms with Crippen molar-refractivity contribution in [3.8, 4) is 0 Å². The van der Waals surface area contributed by atoms with Gasteiger partial charge in [0, 0.05) is 6.42 Å². The van der Waals surface area contributed by atoms with E-state index in [1.54, 1.807) is 13.8 Å². The minimum atomic E-state index is -1.22. The number of hydrogen-bond donors (Lipinski definition) is 0. The van der Waals surface area contributed by atoms with Gasteiger partial charge in [0.05, 0.1) is 13.7 Å². The quantitative estimate of drug-likeness (QED) is 0.561. The van der Waals surface area contributed by atoms with Crippen molar-refractivity contribution in [1.82, 2.24) is 0 Å². The van der Waals surface area contributed by atoms with Crippen molar-refractivity contribution in [2.24, 2.45) is 5.41 Å². The molecule has 1 unspecified atom stereocenters. The third kappa shape index (κ3) is 3.22. The van der Waals surface area contributed by atoms with Crippen LogP contribution in [-0.2, 0) is 23.9 Å². The second kappa shape index (κ2) is 6.50. The van der Waals surface area contributed by atoms with Crippen LogP contribution in [0, 0.1) is 5.41 Å². The van der Waals surface area contributed by atoms with Crippen LogP contribution in [-0.4, -0.2) is 31.4 Å². The van der Waals surface area contributed by atoms with E-state index in [2.05, 4.69) is 4.74 Å². The maximum absolute atomic E-state index is 12.3. The van der Waals surface area contributed by atoms with Gasteiger partial charge < -0.3 is 9.47 Å². The topological polar surface area (TPSA) is 69.7 Å². The number of rotatable bonds is 5. The van der Waals surface area contributed by atoms with E-state index < -0.39 is 17.4 Å². The number of esters is 2. The van der Waals surface area contributed by atoms with Gasteiger partial charge in [-0.25, -0.2) is 0 Å². The van der Waals surface area contributed by atoms with Crippen molar-refractivity contribution < 1.29 is 23.9 Å². The molecule has 0 aromatic rings. The van der Waals surface area contributed by atoms with Crippen LogP contribution in [0.5, 0.6) is 0 Å². The van der Waals surface area contributed by atoms with Crippen LogP contribution in [0.2, 0.25) is 0 Å². The zero-order chi connectivity index (χ0) is 14.5. The Balaban J connectivity index is 2.97. The molecule has 0 spiro atoms. The van der Waals surface area contributed by atoms with Crippen LogP contribution in [0.15, 0.2) is 11.6 Å². The van der Waals surface area contributed by atoms with Crippen LogP contribution in [0.3, 0.4) is 0 Å². The molecule has 1 aliphatic carbocycles. The normalized spacial score (nSPS) is 22.7. The Morgan fingerprint density at radius 2 is 2.11 bits per heavy atom. The summed E-state index contributed by atoms with van der Waals surface area (Å²) in [7, 11) is 1.28. The summed E-state index contributed by atoms with van der Waals surface area (Å²) < 4.78 is 9.60. The summed E-state index contributed by atoms with van der Waals surface area (Å²) in [4.78, 5) is 35.8. The Hall–Kier alpha value is -1.65. The summed E-state index contributed by atoms with van der Waals surface area (Å²) in [5, 5.41) is 0. The number of ketones is 1. The predicted molar refractivity (Wildman–Crippen MR) is 68.3 cm³/mol. The molecule has 1 atom stereocenters. The fourth-order valence-electron chi connectivity index (χ4n) is 2.34. The summed E-state index contributed by atoms with van der Waals surface area (Å²) in [5.74, 6) is -1.19. The highest BCUT2D eigenvalue weighted by molar-refractivity contribution is 6.12. The largest absolute Gasteiger partial charge is 0.469 e. The van der Waals surface area contributed by atoms with Gasteiger partial charge in [-0.2, -0.15) is 0 Å². The van der Waals surface area contributed by atoms with Crippen molar-refractivity contribution in [2.75, 3.05) is 13.7 Å². The van der Waals surface area contributed by atoms with Gasteiger partial charge in [0.15, 0.2) is 5.78 Å². The zero-order valence-electron chi connectivity index (χ0n) is 11.7. The van der Waals surface area contributed by atoms with E-state index in [1.807, 2.05) is 6.08 Å². The lowest BCUT2D eigenvalue weighted by molar-refractivity contribution is -0.161. The first-order valence-corrected chi connectivity index (χ1v) is 6.43. The van der Waals surface area contributed by atoms with E-state index in [4.69, 9.17) is 4.74 Å². The minimum absolute atomic E-state index is 0.0360. The summed E-state index contributed by atoms with van der Waals surface area (Å²) in [6.45, 7) is 3.60. The highest BCUT2D eigenvalue weighted by Gasteiger charge is 2.48. The van der Waals surface area contributed by atoms with E-state index in [-0.39, 0.29) is 25.2 Å². The molecular formula is C14H20O5. The van der Waals surface area contributed by atoms with Crippen LogP contribution in [0.25, 0.3) is 0 Å². The van der Waals surface area contributed by atoms with Crippen molar-refractivity contribution in [3.63, 3.8) is 0 Å². The lowest BCUT2D eigenvalue weighted by atomic mass is 9.70. The molecule has 0 bridgehead atoms. The Morgan fingerprint density at radius 3 is 2.68 bits per heavy atom. The number of Topliss-reactive ketones (excluding diaryl/α,β-unsaturated/α-hetero) is 1. The molecule has 19 heavy (non-hydrogen) atoms. The molecule has 5 heteroatoms. The number of methoxy groups -OCH3 is 1. The van der Waals surface area contributed by atoms with Crippen LogP contribution < -0.4 is 0 Å². The molecule has 0 saturated carbocycles. The Kier molecular flexibility index (Phi) is 5.27. The van der Waals surface area contributed by atoms with E-state index in [0.29, 0.717) is 18.4 Å². The van der Waals surface area contributed by atoms with E-state index in [9.17, 15) is 14.4 Å². The average Bonchev–Trinajstić information content (AvgIpc) is 2.40. The van der Waals surface area contributed by atoms with Crippen molar-refractivity contribution >= 4 is 17.7 Å². The van der Waals surface area contributed by atoms with Crippen molar-refractivity contribution in [2.45, 2.75) is 39.5 Å². The minimum Gasteiger partial charge on any atom is -0.469 e. The highest BCUT2D eigenvalue weighted by Crippen LogP contribution is 2.38. The van der Waals surface area contributed by atoms with Crippen LogP contribution >= 0.6 is 0 Å². The number of hydrogen-bond acceptors (Lipinski definition) is 5. The van der Waals surface area contributed by atoms with Gasteiger partial charge in [0.25, 0.3) is 0 Å². The second-order valence-corrected chi connectivity index (χ2v) is 4.63. The third-order valence-corrected chi connectivity index (χ3v) is 3.46. The Labute approximate surface area is 112 Å². The molecule has 0 heterocycles. The highest BCUT2D eigenvalue weighted by atomic mass is 16.5. The summed E-state index contributed by atoms with van der Waals surface area (Å²) in [5.41, 5.74) is -0.660. The van der Waals surface area contributed by atoms with Gasteiger partial charge in [-0.1, -0.05) is 6.08 Å². The molecule has 0 aromatic heterocycles. The van der Waals surface area contributed by atoms with Gasteiger partial charge in [0.2, 0.25) is 0 Å². The molecule has 1 rings (SSSR count). The molecule has 0 aliphatic heterocycles.